The van der Waals surface area contributed by atoms with Gasteiger partial charge in [0.05, 0.1) is 0 Å². The molecule has 1 fully saturated rings. The quantitative estimate of drug-likeness (QED) is 0.763. The third kappa shape index (κ3) is 5.72. The molecule has 0 aromatic heterocycles. The first-order valence-corrected chi connectivity index (χ1v) is 9.43. The lowest BCUT2D eigenvalue weighted by Crippen LogP contribution is -2.49. The minimum absolute atomic E-state index is 0.0367. The number of benzene rings is 2. The Morgan fingerprint density at radius 1 is 0.964 bits per heavy atom. The molecule has 0 saturated carbocycles. The molecule has 3 rings (SSSR count). The molecule has 28 heavy (non-hydrogen) atoms. The zero-order valence-corrected chi connectivity index (χ0v) is 15.8. The Balaban J connectivity index is 1.41. The summed E-state index contributed by atoms with van der Waals surface area (Å²) in [6, 6.07) is 16.5. The third-order valence-corrected chi connectivity index (χ3v) is 4.75. The number of ether oxygens (including phenoxy) is 1. The number of nitrogens with two attached hydrogens (primary N) is 1. The van der Waals surface area contributed by atoms with Gasteiger partial charge in [-0.15, -0.1) is 0 Å². The number of para-hydroxylation sites is 1. The molecule has 2 aromatic rings. The number of piperazine rings is 1. The van der Waals surface area contributed by atoms with E-state index in [-0.39, 0.29) is 5.91 Å². The Kier molecular flexibility index (Phi) is 6.86. The van der Waals surface area contributed by atoms with Crippen LogP contribution in [0, 0.1) is 0 Å². The molecule has 1 aliphatic rings. The largest absolute Gasteiger partial charge is 0.492 e. The highest BCUT2D eigenvalue weighted by molar-refractivity contribution is 5.94. The lowest BCUT2D eigenvalue weighted by molar-refractivity contribution is 0.0620. The highest BCUT2D eigenvalue weighted by atomic mass is 16.5. The van der Waals surface area contributed by atoms with Gasteiger partial charge >= 0.3 is 6.03 Å². The van der Waals surface area contributed by atoms with Crippen molar-refractivity contribution >= 4 is 11.9 Å². The van der Waals surface area contributed by atoms with Crippen LogP contribution in [0.4, 0.5) is 4.79 Å². The van der Waals surface area contributed by atoms with Crippen LogP contribution in [0.25, 0.3) is 0 Å². The van der Waals surface area contributed by atoms with Crippen molar-refractivity contribution in [2.45, 2.75) is 6.54 Å². The molecule has 1 heterocycles. The molecule has 0 bridgehead atoms. The Labute approximate surface area is 165 Å². The van der Waals surface area contributed by atoms with Gasteiger partial charge < -0.3 is 20.7 Å². The van der Waals surface area contributed by atoms with Crippen molar-refractivity contribution in [1.29, 1.82) is 0 Å². The van der Waals surface area contributed by atoms with Crippen LogP contribution in [0.1, 0.15) is 15.9 Å². The molecule has 2 aromatic carbocycles. The van der Waals surface area contributed by atoms with Crippen molar-refractivity contribution in [2.75, 3.05) is 39.3 Å². The summed E-state index contributed by atoms with van der Waals surface area (Å²) in [6.07, 6.45) is 0. The number of urea groups is 1. The number of amides is 3. The van der Waals surface area contributed by atoms with E-state index in [0.717, 1.165) is 30.9 Å². The summed E-state index contributed by atoms with van der Waals surface area (Å²) in [5, 5.41) is 2.53. The summed E-state index contributed by atoms with van der Waals surface area (Å²) in [6.45, 7) is 4.92. The summed E-state index contributed by atoms with van der Waals surface area (Å²) in [5.74, 6) is 0.917. The van der Waals surface area contributed by atoms with Crippen molar-refractivity contribution in [1.82, 2.24) is 15.1 Å². The van der Waals surface area contributed by atoms with Crippen molar-refractivity contribution in [3.63, 3.8) is 0 Å². The topological polar surface area (TPSA) is 87.9 Å². The molecule has 0 unspecified atom stereocenters. The number of hydrogen-bond donors (Lipinski definition) is 2. The SMILES string of the molecule is NC(=O)NCc1ccc(C(=O)N2CCN(CCOc3ccccc3)CC2)cc1. The maximum Gasteiger partial charge on any atom is 0.312 e. The number of rotatable bonds is 7. The number of carbonyl (C=O) groups excluding carboxylic acids is 2. The highest BCUT2D eigenvalue weighted by Crippen LogP contribution is 2.12. The van der Waals surface area contributed by atoms with Gasteiger partial charge in [-0.1, -0.05) is 30.3 Å². The predicted molar refractivity (Wildman–Crippen MR) is 107 cm³/mol. The van der Waals surface area contributed by atoms with Gasteiger partial charge in [0.2, 0.25) is 0 Å². The van der Waals surface area contributed by atoms with E-state index in [9.17, 15) is 9.59 Å². The summed E-state index contributed by atoms with van der Waals surface area (Å²) in [5.41, 5.74) is 6.62. The van der Waals surface area contributed by atoms with Gasteiger partial charge in [0, 0.05) is 44.8 Å². The molecule has 7 heteroatoms. The fourth-order valence-corrected chi connectivity index (χ4v) is 3.12. The molecule has 3 N–H and O–H groups in total. The Hall–Kier alpha value is -3.06. The average molecular weight is 382 g/mol. The van der Waals surface area contributed by atoms with E-state index in [4.69, 9.17) is 10.5 Å². The molecule has 1 aliphatic heterocycles. The monoisotopic (exact) mass is 382 g/mol. The Morgan fingerprint density at radius 2 is 1.64 bits per heavy atom. The molecule has 3 amide bonds. The summed E-state index contributed by atoms with van der Waals surface area (Å²) in [7, 11) is 0. The molecule has 0 atom stereocenters. The van der Waals surface area contributed by atoms with E-state index in [1.54, 1.807) is 12.1 Å². The second-order valence-corrected chi connectivity index (χ2v) is 6.71. The van der Waals surface area contributed by atoms with Crippen LogP contribution in [-0.2, 0) is 6.54 Å². The maximum atomic E-state index is 12.7. The van der Waals surface area contributed by atoms with Gasteiger partial charge in [-0.3, -0.25) is 9.69 Å². The van der Waals surface area contributed by atoms with Crippen LogP contribution in [0.15, 0.2) is 54.6 Å². The summed E-state index contributed by atoms with van der Waals surface area (Å²) < 4.78 is 5.74. The minimum atomic E-state index is -0.563. The minimum Gasteiger partial charge on any atom is -0.492 e. The normalized spacial score (nSPS) is 14.5. The zero-order valence-electron chi connectivity index (χ0n) is 15.8. The first kappa shape index (κ1) is 19.7. The molecule has 0 aliphatic carbocycles. The van der Waals surface area contributed by atoms with Crippen LogP contribution in [0.3, 0.4) is 0 Å². The highest BCUT2D eigenvalue weighted by Gasteiger charge is 2.22. The van der Waals surface area contributed by atoms with Gasteiger partial charge in [-0.2, -0.15) is 0 Å². The summed E-state index contributed by atoms with van der Waals surface area (Å²) >= 11 is 0. The first-order chi connectivity index (χ1) is 13.6. The first-order valence-electron chi connectivity index (χ1n) is 9.43. The van der Waals surface area contributed by atoms with Crippen LogP contribution in [-0.4, -0.2) is 61.1 Å². The molecular weight excluding hydrogens is 356 g/mol. The van der Waals surface area contributed by atoms with Crippen molar-refractivity contribution in [2.24, 2.45) is 5.73 Å². The van der Waals surface area contributed by atoms with Crippen molar-refractivity contribution in [3.05, 3.63) is 65.7 Å². The third-order valence-electron chi connectivity index (χ3n) is 4.75. The number of nitrogens with one attached hydrogen (secondary N) is 1. The van der Waals surface area contributed by atoms with Crippen LogP contribution in [0.2, 0.25) is 0 Å². The van der Waals surface area contributed by atoms with Crippen LogP contribution < -0.4 is 15.8 Å². The Morgan fingerprint density at radius 3 is 2.29 bits per heavy atom. The van der Waals surface area contributed by atoms with E-state index >= 15 is 0 Å². The van der Waals surface area contributed by atoms with Crippen molar-refractivity contribution in [3.8, 4) is 5.75 Å². The predicted octanol–water partition coefficient (Wildman–Crippen LogP) is 1.69. The number of hydrogen-bond acceptors (Lipinski definition) is 4. The van der Waals surface area contributed by atoms with Crippen LogP contribution in [0.5, 0.6) is 5.75 Å². The smallest absolute Gasteiger partial charge is 0.312 e. The van der Waals surface area contributed by atoms with Gasteiger partial charge in [0.25, 0.3) is 5.91 Å². The molecular formula is C21H26N4O3. The van der Waals surface area contributed by atoms with Crippen LogP contribution >= 0.6 is 0 Å². The van der Waals surface area contributed by atoms with Gasteiger partial charge in [-0.05, 0) is 29.8 Å². The summed E-state index contributed by atoms with van der Waals surface area (Å²) in [4.78, 5) is 27.6. The van der Waals surface area contributed by atoms with Crippen molar-refractivity contribution < 1.29 is 14.3 Å². The molecule has 1 saturated heterocycles. The van der Waals surface area contributed by atoms with E-state index < -0.39 is 6.03 Å². The standard InChI is InChI=1S/C21H26N4O3/c22-21(27)23-16-17-6-8-18(9-7-17)20(26)25-12-10-24(11-13-25)14-15-28-19-4-2-1-3-5-19/h1-9H,10-16H2,(H3,22,23,27). The Bertz CT molecular complexity index is 772. The molecule has 0 radical (unpaired) electrons. The van der Waals surface area contributed by atoms with E-state index in [1.165, 1.54) is 0 Å². The van der Waals surface area contributed by atoms with E-state index in [1.807, 2.05) is 47.4 Å². The van der Waals surface area contributed by atoms with Gasteiger partial charge in [-0.25, -0.2) is 4.79 Å². The van der Waals surface area contributed by atoms with E-state index in [2.05, 4.69) is 10.2 Å². The number of carbonyl (C=O) groups is 2. The van der Waals surface area contributed by atoms with Gasteiger partial charge in [0.15, 0.2) is 0 Å². The zero-order chi connectivity index (χ0) is 19.8. The maximum absolute atomic E-state index is 12.7. The molecule has 148 valence electrons. The fourth-order valence-electron chi connectivity index (χ4n) is 3.12. The molecule has 0 spiro atoms. The fraction of sp³-hybridized carbons (Fsp3) is 0.333. The average Bonchev–Trinajstić information content (AvgIpc) is 2.73. The molecule has 7 nitrogen and oxygen atoms in total. The lowest BCUT2D eigenvalue weighted by Gasteiger charge is -2.34. The number of primary amides is 1. The lowest BCUT2D eigenvalue weighted by atomic mass is 10.1. The second kappa shape index (κ2) is 9.75. The second-order valence-electron chi connectivity index (χ2n) is 6.71. The van der Waals surface area contributed by atoms with E-state index in [0.29, 0.717) is 31.8 Å². The van der Waals surface area contributed by atoms with Gasteiger partial charge in [0.1, 0.15) is 12.4 Å². The number of nitrogens with zero attached hydrogens (tertiary/aromatic N) is 2.